The van der Waals surface area contributed by atoms with E-state index in [1.165, 1.54) is 36.9 Å². The summed E-state index contributed by atoms with van der Waals surface area (Å²) in [5.41, 5.74) is 2.58. The van der Waals surface area contributed by atoms with Gasteiger partial charge in [-0.05, 0) is 37.8 Å². The number of nitrogens with one attached hydrogen (secondary N) is 1. The van der Waals surface area contributed by atoms with Crippen LogP contribution < -0.4 is 5.32 Å². The van der Waals surface area contributed by atoms with E-state index in [1.54, 1.807) is 0 Å². The van der Waals surface area contributed by atoms with Gasteiger partial charge in [0.1, 0.15) is 6.23 Å². The Kier molecular flexibility index (Phi) is 8.31. The molecule has 0 aliphatic carbocycles. The third kappa shape index (κ3) is 6.11. The Morgan fingerprint density at radius 3 is 2.53 bits per heavy atom. The van der Waals surface area contributed by atoms with Crippen LogP contribution in [0.1, 0.15) is 58.4 Å². The number of unbranched alkanes of at least 4 members (excludes halogenated alkanes) is 3. The lowest BCUT2D eigenvalue weighted by molar-refractivity contribution is 0.0747. The molecule has 108 valence electrons. The molecule has 1 rings (SSSR count). The molecule has 0 heterocycles. The van der Waals surface area contributed by atoms with E-state index in [9.17, 15) is 0 Å². The maximum Gasteiger partial charge on any atom is 0.127 e. The molecule has 0 aliphatic heterocycles. The quantitative estimate of drug-likeness (QED) is 0.474. The molecule has 0 aromatic heterocycles. The second-order valence-electron chi connectivity index (χ2n) is 4.95. The smallest absolute Gasteiger partial charge is 0.127 e. The standard InChI is InChI=1S/C17H29NO/c1-4-7-8-9-14-17(19-6-3)18-16-13-11-10-12-15(16)5-2/h10-13,17-18H,4-9,14H2,1-3H3. The molecule has 1 N–H and O–H groups in total. The molecule has 2 nitrogen and oxygen atoms in total. The summed E-state index contributed by atoms with van der Waals surface area (Å²) in [5.74, 6) is 0. The fourth-order valence-corrected chi connectivity index (χ4v) is 2.30. The van der Waals surface area contributed by atoms with Gasteiger partial charge in [0.05, 0.1) is 0 Å². The van der Waals surface area contributed by atoms with Crippen molar-refractivity contribution in [3.8, 4) is 0 Å². The predicted molar refractivity (Wildman–Crippen MR) is 83.6 cm³/mol. The molecule has 1 aromatic carbocycles. The van der Waals surface area contributed by atoms with Gasteiger partial charge in [-0.2, -0.15) is 0 Å². The Balaban J connectivity index is 2.51. The number of rotatable bonds is 10. The molecule has 1 unspecified atom stereocenters. The minimum absolute atomic E-state index is 0.148. The van der Waals surface area contributed by atoms with Crippen LogP contribution in [-0.2, 0) is 11.2 Å². The first-order valence-corrected chi connectivity index (χ1v) is 7.77. The zero-order valence-corrected chi connectivity index (χ0v) is 12.7. The summed E-state index contributed by atoms with van der Waals surface area (Å²) in [6.07, 6.45) is 7.44. The second-order valence-corrected chi connectivity index (χ2v) is 4.95. The lowest BCUT2D eigenvalue weighted by Gasteiger charge is -2.21. The highest BCUT2D eigenvalue weighted by Gasteiger charge is 2.09. The molecule has 0 saturated heterocycles. The van der Waals surface area contributed by atoms with E-state index in [2.05, 4.69) is 50.4 Å². The lowest BCUT2D eigenvalue weighted by atomic mass is 10.1. The van der Waals surface area contributed by atoms with Gasteiger partial charge in [-0.25, -0.2) is 0 Å². The molecule has 2 heteroatoms. The third-order valence-electron chi connectivity index (χ3n) is 3.40. The molecule has 19 heavy (non-hydrogen) atoms. The molecule has 0 radical (unpaired) electrons. The first-order chi connectivity index (χ1) is 9.31. The highest BCUT2D eigenvalue weighted by atomic mass is 16.5. The van der Waals surface area contributed by atoms with Crippen LogP contribution in [0, 0.1) is 0 Å². The zero-order valence-electron chi connectivity index (χ0n) is 12.7. The van der Waals surface area contributed by atoms with Gasteiger partial charge in [-0.3, -0.25) is 0 Å². The van der Waals surface area contributed by atoms with Gasteiger partial charge in [0, 0.05) is 12.3 Å². The second kappa shape index (κ2) is 9.85. The van der Waals surface area contributed by atoms with Gasteiger partial charge in [0.15, 0.2) is 0 Å². The van der Waals surface area contributed by atoms with Gasteiger partial charge in [0.25, 0.3) is 0 Å². The molecule has 0 aliphatic rings. The summed E-state index contributed by atoms with van der Waals surface area (Å²) in [6, 6.07) is 8.52. The number of hydrogen-bond acceptors (Lipinski definition) is 2. The third-order valence-corrected chi connectivity index (χ3v) is 3.40. The minimum Gasteiger partial charge on any atom is -0.360 e. The maximum atomic E-state index is 5.81. The zero-order chi connectivity index (χ0) is 13.9. The Morgan fingerprint density at radius 2 is 1.84 bits per heavy atom. The molecule has 0 spiro atoms. The van der Waals surface area contributed by atoms with Gasteiger partial charge >= 0.3 is 0 Å². The molecule has 0 bridgehead atoms. The number of ether oxygens (including phenoxy) is 1. The van der Waals surface area contributed by atoms with Crippen molar-refractivity contribution >= 4 is 5.69 Å². The van der Waals surface area contributed by atoms with Crippen LogP contribution >= 0.6 is 0 Å². The van der Waals surface area contributed by atoms with E-state index >= 15 is 0 Å². The van der Waals surface area contributed by atoms with Crippen LogP contribution in [0.4, 0.5) is 5.69 Å². The van der Waals surface area contributed by atoms with Crippen molar-refractivity contribution in [2.75, 3.05) is 11.9 Å². The van der Waals surface area contributed by atoms with E-state index in [4.69, 9.17) is 4.74 Å². The van der Waals surface area contributed by atoms with Gasteiger partial charge < -0.3 is 10.1 Å². The van der Waals surface area contributed by atoms with E-state index in [-0.39, 0.29) is 6.23 Å². The molecule has 0 saturated carbocycles. The topological polar surface area (TPSA) is 21.3 Å². The Hall–Kier alpha value is -1.02. The first kappa shape index (κ1) is 16.0. The van der Waals surface area contributed by atoms with Crippen LogP contribution in [-0.4, -0.2) is 12.8 Å². The monoisotopic (exact) mass is 263 g/mol. The van der Waals surface area contributed by atoms with Gasteiger partial charge in [0.2, 0.25) is 0 Å². The number of anilines is 1. The molecule has 0 amide bonds. The largest absolute Gasteiger partial charge is 0.360 e. The summed E-state index contributed by atoms with van der Waals surface area (Å²) < 4.78 is 5.81. The molecule has 1 aromatic rings. The van der Waals surface area contributed by atoms with Crippen LogP contribution in [0.2, 0.25) is 0 Å². The van der Waals surface area contributed by atoms with E-state index in [0.29, 0.717) is 0 Å². The minimum atomic E-state index is 0.148. The molecular weight excluding hydrogens is 234 g/mol. The van der Waals surface area contributed by atoms with Crippen molar-refractivity contribution in [2.45, 2.75) is 65.5 Å². The Labute approximate surface area is 118 Å². The summed E-state index contributed by atoms with van der Waals surface area (Å²) in [4.78, 5) is 0. The average molecular weight is 263 g/mol. The van der Waals surface area contributed by atoms with E-state index < -0.39 is 0 Å². The SMILES string of the molecule is CCCCCCC(Nc1ccccc1CC)OCC. The summed E-state index contributed by atoms with van der Waals surface area (Å²) in [5, 5.41) is 3.55. The normalized spacial score (nSPS) is 12.4. The van der Waals surface area contributed by atoms with E-state index in [0.717, 1.165) is 19.4 Å². The fourth-order valence-electron chi connectivity index (χ4n) is 2.30. The van der Waals surface area contributed by atoms with Gasteiger partial charge in [-0.1, -0.05) is 51.3 Å². The van der Waals surface area contributed by atoms with Gasteiger partial charge in [-0.15, -0.1) is 0 Å². The van der Waals surface area contributed by atoms with Crippen LogP contribution in [0.3, 0.4) is 0 Å². The lowest BCUT2D eigenvalue weighted by Crippen LogP contribution is -2.23. The van der Waals surface area contributed by atoms with Crippen LogP contribution in [0.25, 0.3) is 0 Å². The summed E-state index contributed by atoms with van der Waals surface area (Å²) >= 11 is 0. The van der Waals surface area contributed by atoms with Crippen molar-refractivity contribution in [1.82, 2.24) is 0 Å². The Morgan fingerprint density at radius 1 is 1.05 bits per heavy atom. The molecule has 1 atom stereocenters. The molecule has 0 fully saturated rings. The number of aryl methyl sites for hydroxylation is 1. The average Bonchev–Trinajstić information content (AvgIpc) is 2.44. The highest BCUT2D eigenvalue weighted by Crippen LogP contribution is 2.19. The van der Waals surface area contributed by atoms with Crippen molar-refractivity contribution in [3.05, 3.63) is 29.8 Å². The van der Waals surface area contributed by atoms with Crippen molar-refractivity contribution < 1.29 is 4.74 Å². The Bertz CT molecular complexity index is 338. The maximum absolute atomic E-state index is 5.81. The summed E-state index contributed by atoms with van der Waals surface area (Å²) in [6.45, 7) is 7.26. The summed E-state index contributed by atoms with van der Waals surface area (Å²) in [7, 11) is 0. The van der Waals surface area contributed by atoms with Crippen molar-refractivity contribution in [2.24, 2.45) is 0 Å². The van der Waals surface area contributed by atoms with Crippen molar-refractivity contribution in [1.29, 1.82) is 0 Å². The van der Waals surface area contributed by atoms with Crippen LogP contribution in [0.15, 0.2) is 24.3 Å². The van der Waals surface area contributed by atoms with Crippen LogP contribution in [0.5, 0.6) is 0 Å². The van der Waals surface area contributed by atoms with E-state index in [1.807, 2.05) is 0 Å². The number of para-hydroxylation sites is 1. The number of benzene rings is 1. The molecular formula is C17H29NO. The van der Waals surface area contributed by atoms with Crippen molar-refractivity contribution in [3.63, 3.8) is 0 Å². The predicted octanol–water partition coefficient (Wildman–Crippen LogP) is 4.99. The fraction of sp³-hybridized carbons (Fsp3) is 0.647. The highest BCUT2D eigenvalue weighted by molar-refractivity contribution is 5.51. The first-order valence-electron chi connectivity index (χ1n) is 7.77. The number of hydrogen-bond donors (Lipinski definition) is 1.